The second-order valence-electron chi connectivity index (χ2n) is 7.25. The fourth-order valence-corrected chi connectivity index (χ4v) is 4.19. The van der Waals surface area contributed by atoms with Crippen LogP contribution in [0.1, 0.15) is 38.8 Å². The highest BCUT2D eigenvalue weighted by Crippen LogP contribution is 2.48. The molecule has 7 N–H and O–H groups in total. The maximum absolute atomic E-state index is 11.6. The number of phosphoric acid groups is 1. The molecule has 2 aromatic heterocycles. The molecular weight excluding hydrogens is 429 g/mol. The smallest absolute Gasteiger partial charge is 0.394 e. The molecule has 3 heterocycles. The van der Waals surface area contributed by atoms with Crippen LogP contribution in [0.2, 0.25) is 0 Å². The van der Waals surface area contributed by atoms with E-state index in [9.17, 15) is 14.6 Å². The predicted octanol–water partition coefficient (Wildman–Crippen LogP) is 0.751. The van der Waals surface area contributed by atoms with E-state index >= 15 is 0 Å². The molecule has 0 radical (unpaired) electrons. The Hall–Kier alpha value is -1.86. The molecule has 4 atom stereocenters. The van der Waals surface area contributed by atoms with Crippen molar-refractivity contribution in [3.05, 3.63) is 6.33 Å². The Morgan fingerprint density at radius 2 is 2.16 bits per heavy atom. The Morgan fingerprint density at radius 1 is 1.39 bits per heavy atom. The molecule has 13 nitrogen and oxygen atoms in total. The first kappa shape index (κ1) is 23.8. The van der Waals surface area contributed by atoms with Crippen molar-refractivity contribution in [2.24, 2.45) is 5.73 Å². The monoisotopic (exact) mass is 459 g/mol. The number of hydrogen-bond acceptors (Lipinski definition) is 11. The number of ether oxygens (including phenoxy) is 1. The minimum absolute atomic E-state index is 0.204. The van der Waals surface area contributed by atoms with E-state index in [0.29, 0.717) is 30.2 Å². The van der Waals surface area contributed by atoms with Crippen LogP contribution in [0.3, 0.4) is 0 Å². The number of anilines is 2. The fourth-order valence-electron chi connectivity index (χ4n) is 3.25. The van der Waals surface area contributed by atoms with Crippen LogP contribution >= 0.6 is 7.82 Å². The Morgan fingerprint density at radius 3 is 2.90 bits per heavy atom. The molecule has 1 saturated heterocycles. The molecule has 1 aliphatic rings. The van der Waals surface area contributed by atoms with Crippen LogP contribution in [-0.4, -0.2) is 68.0 Å². The number of nitrogens with one attached hydrogen (secondary N) is 1. The van der Waals surface area contributed by atoms with Crippen LogP contribution in [0.4, 0.5) is 11.8 Å². The van der Waals surface area contributed by atoms with Gasteiger partial charge in [-0.1, -0.05) is 12.8 Å². The van der Waals surface area contributed by atoms with Gasteiger partial charge in [-0.2, -0.15) is 9.97 Å². The van der Waals surface area contributed by atoms with E-state index in [1.807, 2.05) is 0 Å². The lowest BCUT2D eigenvalue weighted by Crippen LogP contribution is -2.42. The Bertz CT molecular complexity index is 912. The van der Waals surface area contributed by atoms with Gasteiger partial charge in [-0.05, 0) is 26.3 Å². The number of fused-ring (bicyclic) bond motifs is 1. The number of hydrogen-bond donors (Lipinski definition) is 5. The zero-order valence-electron chi connectivity index (χ0n) is 17.4. The van der Waals surface area contributed by atoms with Gasteiger partial charge >= 0.3 is 7.82 Å². The predicted molar refractivity (Wildman–Crippen MR) is 113 cm³/mol. The van der Waals surface area contributed by atoms with Crippen LogP contribution in [0.5, 0.6) is 0 Å². The lowest BCUT2D eigenvalue weighted by molar-refractivity contribution is -0.143. The zero-order chi connectivity index (χ0) is 22.4. The number of phosphoric ester groups is 1. The van der Waals surface area contributed by atoms with E-state index in [1.165, 1.54) is 6.33 Å². The van der Waals surface area contributed by atoms with Crippen molar-refractivity contribution in [3.8, 4) is 0 Å². The summed E-state index contributed by atoms with van der Waals surface area (Å²) in [6.45, 7) is 2.44. The maximum atomic E-state index is 11.6. The number of aliphatic hydroxyl groups excluding tert-OH is 1. The normalized spacial score (nSPS) is 25.0. The van der Waals surface area contributed by atoms with E-state index in [2.05, 4.69) is 20.3 Å². The summed E-state index contributed by atoms with van der Waals surface area (Å²) in [5, 5.41) is 12.6. The largest absolute Gasteiger partial charge is 0.472 e. The summed E-state index contributed by atoms with van der Waals surface area (Å²) >= 11 is 0. The average Bonchev–Trinajstić information content (AvgIpc) is 3.16. The average molecular weight is 459 g/mol. The van der Waals surface area contributed by atoms with E-state index in [-0.39, 0.29) is 12.4 Å². The third-order valence-corrected chi connectivity index (χ3v) is 5.90. The Labute approximate surface area is 179 Å². The summed E-state index contributed by atoms with van der Waals surface area (Å²) < 4.78 is 28.8. The van der Waals surface area contributed by atoms with Crippen molar-refractivity contribution in [2.75, 3.05) is 37.4 Å². The van der Waals surface area contributed by atoms with Gasteiger partial charge in [0, 0.05) is 6.54 Å². The molecule has 0 amide bonds. The molecule has 31 heavy (non-hydrogen) atoms. The van der Waals surface area contributed by atoms with Gasteiger partial charge in [0.05, 0.1) is 19.5 Å². The van der Waals surface area contributed by atoms with Gasteiger partial charge < -0.3 is 31.5 Å². The van der Waals surface area contributed by atoms with E-state index in [1.54, 1.807) is 11.5 Å². The third-order valence-electron chi connectivity index (χ3n) is 4.89. The highest BCUT2D eigenvalue weighted by atomic mass is 31.2. The highest BCUT2D eigenvalue weighted by molar-refractivity contribution is 7.47. The van der Waals surface area contributed by atoms with Crippen LogP contribution in [0, 0.1) is 0 Å². The van der Waals surface area contributed by atoms with Crippen LogP contribution in [0.15, 0.2) is 6.33 Å². The molecule has 4 unspecified atom stereocenters. The van der Waals surface area contributed by atoms with Gasteiger partial charge in [-0.3, -0.25) is 13.6 Å². The molecular formula is C17H30N7O6P. The first-order valence-corrected chi connectivity index (χ1v) is 11.7. The summed E-state index contributed by atoms with van der Waals surface area (Å²) in [6.07, 6.45) is 3.25. The standard InChI is InChI=1S/C17H30N7O6P/c1-11(29-13-9-28-31(26,27)30-12(13)8-25)24-10-21-14-15(19)22-17(23-16(14)24)20-7-5-3-2-4-6-18/h10-13,25H,2-9,18H2,1H3,(H,26,27)(H3,19,20,22,23). The number of nitrogens with zero attached hydrogens (tertiary/aromatic N) is 4. The summed E-state index contributed by atoms with van der Waals surface area (Å²) in [7, 11) is -4.18. The van der Waals surface area contributed by atoms with E-state index < -0.39 is 32.9 Å². The molecule has 0 aliphatic carbocycles. The summed E-state index contributed by atoms with van der Waals surface area (Å²) in [6, 6.07) is 0. The molecule has 1 fully saturated rings. The van der Waals surface area contributed by atoms with Crippen LogP contribution in [-0.2, 0) is 18.3 Å². The van der Waals surface area contributed by atoms with Gasteiger partial charge in [0.15, 0.2) is 11.5 Å². The van der Waals surface area contributed by atoms with Gasteiger partial charge in [0.25, 0.3) is 0 Å². The number of imidazole rings is 1. The molecule has 0 aromatic carbocycles. The van der Waals surface area contributed by atoms with Crippen LogP contribution < -0.4 is 16.8 Å². The molecule has 14 heteroatoms. The number of aromatic nitrogens is 4. The number of nitrogen functional groups attached to an aromatic ring is 1. The molecule has 0 saturated carbocycles. The maximum Gasteiger partial charge on any atom is 0.472 e. The number of aliphatic hydroxyl groups is 1. The minimum atomic E-state index is -4.18. The quantitative estimate of drug-likeness (QED) is 0.234. The summed E-state index contributed by atoms with van der Waals surface area (Å²) in [5.74, 6) is 0.622. The molecule has 3 rings (SSSR count). The molecule has 174 valence electrons. The van der Waals surface area contributed by atoms with Gasteiger partial charge in [0.1, 0.15) is 24.0 Å². The lowest BCUT2D eigenvalue weighted by atomic mass is 10.2. The summed E-state index contributed by atoms with van der Waals surface area (Å²) in [4.78, 5) is 22.5. The Balaban J connectivity index is 1.68. The van der Waals surface area contributed by atoms with Gasteiger partial charge in [0.2, 0.25) is 5.95 Å². The topological polar surface area (TPSA) is 193 Å². The highest BCUT2D eigenvalue weighted by Gasteiger charge is 2.40. The first-order valence-electron chi connectivity index (χ1n) is 10.2. The van der Waals surface area contributed by atoms with Crippen molar-refractivity contribution in [1.82, 2.24) is 19.5 Å². The fraction of sp³-hybridized carbons (Fsp3) is 0.706. The van der Waals surface area contributed by atoms with Crippen molar-refractivity contribution in [3.63, 3.8) is 0 Å². The Kier molecular flexibility index (Phi) is 8.17. The van der Waals surface area contributed by atoms with Gasteiger partial charge in [-0.15, -0.1) is 0 Å². The summed E-state index contributed by atoms with van der Waals surface area (Å²) in [5.41, 5.74) is 12.4. The number of unbranched alkanes of at least 4 members (excludes halogenated alkanes) is 3. The molecule has 0 spiro atoms. The second kappa shape index (κ2) is 10.6. The van der Waals surface area contributed by atoms with E-state index in [0.717, 1.165) is 25.7 Å². The van der Waals surface area contributed by atoms with Crippen molar-refractivity contribution in [1.29, 1.82) is 0 Å². The molecule has 1 aliphatic heterocycles. The number of nitrogens with two attached hydrogens (primary N) is 2. The molecule has 2 aromatic rings. The lowest BCUT2D eigenvalue weighted by Gasteiger charge is -2.33. The zero-order valence-corrected chi connectivity index (χ0v) is 18.3. The van der Waals surface area contributed by atoms with E-state index in [4.69, 9.17) is 25.3 Å². The van der Waals surface area contributed by atoms with Crippen molar-refractivity contribution < 1.29 is 28.3 Å². The van der Waals surface area contributed by atoms with Crippen LogP contribution in [0.25, 0.3) is 11.2 Å². The third kappa shape index (κ3) is 6.10. The van der Waals surface area contributed by atoms with Gasteiger partial charge in [-0.25, -0.2) is 9.55 Å². The molecule has 0 bridgehead atoms. The minimum Gasteiger partial charge on any atom is -0.394 e. The SMILES string of the molecule is CC(OC1COP(=O)(O)OC1CO)n1cnc2c(N)nc(NCCCCCCN)nc21. The van der Waals surface area contributed by atoms with Crippen molar-refractivity contribution in [2.45, 2.75) is 51.0 Å². The first-order chi connectivity index (χ1) is 14.8. The number of rotatable bonds is 11. The van der Waals surface area contributed by atoms with Crippen molar-refractivity contribution >= 4 is 30.8 Å². The second-order valence-corrected chi connectivity index (χ2v) is 8.66.